The average molecular weight is 667 g/mol. The van der Waals surface area contributed by atoms with Crippen molar-refractivity contribution >= 4 is 115 Å². The van der Waals surface area contributed by atoms with Crippen molar-refractivity contribution in [2.75, 3.05) is 10.7 Å². The molecule has 140 valence electrons. The van der Waals surface area contributed by atoms with Crippen LogP contribution in [0.4, 0.5) is 5.69 Å². The Morgan fingerprint density at radius 3 is 2.21 bits per heavy atom. The van der Waals surface area contributed by atoms with E-state index in [9.17, 15) is 9.59 Å². The molecule has 0 unspecified atom stereocenters. The number of fused-ring (bicyclic) bond motifs is 2. The van der Waals surface area contributed by atoms with Crippen molar-refractivity contribution in [3.63, 3.8) is 0 Å². The lowest BCUT2D eigenvalue weighted by molar-refractivity contribution is 0.0926. The third-order valence-electron chi connectivity index (χ3n) is 3.97. The monoisotopic (exact) mass is 663 g/mol. The molecule has 11 heteroatoms. The van der Waals surface area contributed by atoms with E-state index in [4.69, 9.17) is 5.26 Å². The first-order valence-electron chi connectivity index (χ1n) is 7.50. The molecular weight excluding hydrogens is 662 g/mol. The third-order valence-corrected chi connectivity index (χ3v) is 10.8. The Labute approximate surface area is 201 Å². The van der Waals surface area contributed by atoms with Gasteiger partial charge < -0.3 is 0 Å². The van der Waals surface area contributed by atoms with E-state index >= 15 is 0 Å². The van der Waals surface area contributed by atoms with E-state index in [2.05, 4.69) is 74.8 Å². The highest BCUT2D eigenvalue weighted by Gasteiger charge is 2.42. The maximum absolute atomic E-state index is 13.1. The molecule has 0 saturated heterocycles. The predicted octanol–water partition coefficient (Wildman–Crippen LogP) is 6.76. The van der Waals surface area contributed by atoms with Gasteiger partial charge in [0.15, 0.2) is 4.34 Å². The number of benzene rings is 2. The van der Waals surface area contributed by atoms with Gasteiger partial charge in [0.1, 0.15) is 0 Å². The quantitative estimate of drug-likeness (QED) is 0.134. The van der Waals surface area contributed by atoms with Crippen molar-refractivity contribution < 1.29 is 9.59 Å². The maximum Gasteiger partial charge on any atom is 0.267 e. The highest BCUT2D eigenvalue weighted by molar-refractivity contribution is 9.15. The van der Waals surface area contributed by atoms with Crippen LogP contribution in [0.3, 0.4) is 0 Å². The van der Waals surface area contributed by atoms with E-state index in [1.807, 2.05) is 0 Å². The standard InChI is InChI=1S/C17H5Br4N3O2S2/c18-11-9-10(12(19)14(21)13(11)20)16(26)24(15(9)25)6-1-2-7-8(5-6)28-17(23-7)27-4-3-22/h1-2,5H,4H2. The molecule has 0 spiro atoms. The normalized spacial score (nSPS) is 13.3. The SMILES string of the molecule is N#CCSc1nc2ccc(N3C(=O)c4c(Br)c(Br)c(Br)c(Br)c4C3=O)cc2s1. The van der Waals surface area contributed by atoms with Crippen LogP contribution in [0.5, 0.6) is 0 Å². The molecule has 0 N–H and O–H groups in total. The van der Waals surface area contributed by atoms with Gasteiger partial charge in [0.05, 0.1) is 38.9 Å². The van der Waals surface area contributed by atoms with Crippen molar-refractivity contribution in [2.45, 2.75) is 4.34 Å². The first-order chi connectivity index (χ1) is 13.3. The smallest absolute Gasteiger partial charge is 0.267 e. The Bertz CT molecular complexity index is 1190. The molecule has 3 aromatic rings. The Morgan fingerprint density at radius 2 is 1.64 bits per heavy atom. The molecule has 28 heavy (non-hydrogen) atoms. The molecule has 2 aromatic carbocycles. The molecule has 0 radical (unpaired) electrons. The Balaban J connectivity index is 1.81. The van der Waals surface area contributed by atoms with Gasteiger partial charge in [-0.1, -0.05) is 11.8 Å². The fraction of sp³-hybridized carbons (Fsp3) is 0.0588. The number of aromatic nitrogens is 1. The zero-order valence-electron chi connectivity index (χ0n) is 13.4. The van der Waals surface area contributed by atoms with Crippen LogP contribution in [-0.2, 0) is 0 Å². The van der Waals surface area contributed by atoms with E-state index in [-0.39, 0.29) is 0 Å². The first-order valence-corrected chi connectivity index (χ1v) is 12.5. The van der Waals surface area contributed by atoms with Crippen LogP contribution in [0.2, 0.25) is 0 Å². The lowest BCUT2D eigenvalue weighted by Crippen LogP contribution is -2.29. The molecule has 0 aliphatic carbocycles. The second-order valence-corrected chi connectivity index (χ2v) is 11.0. The average Bonchev–Trinajstić information content (AvgIpc) is 3.20. The van der Waals surface area contributed by atoms with E-state index in [0.717, 1.165) is 14.6 Å². The molecular formula is C17H5Br4N3O2S2. The summed E-state index contributed by atoms with van der Waals surface area (Å²) in [5.41, 5.74) is 1.85. The molecule has 0 atom stereocenters. The van der Waals surface area contributed by atoms with Crippen LogP contribution in [-0.4, -0.2) is 22.6 Å². The number of amides is 2. The van der Waals surface area contributed by atoms with Gasteiger partial charge in [-0.25, -0.2) is 9.88 Å². The lowest BCUT2D eigenvalue weighted by atomic mass is 10.1. The zero-order valence-corrected chi connectivity index (χ0v) is 21.4. The molecule has 0 saturated carbocycles. The van der Waals surface area contributed by atoms with Gasteiger partial charge in [-0.2, -0.15) is 5.26 Å². The topological polar surface area (TPSA) is 74.1 Å². The number of carbonyl (C=O) groups excluding carboxylic acids is 2. The summed E-state index contributed by atoms with van der Waals surface area (Å²) in [5, 5.41) is 8.73. The number of rotatable bonds is 3. The summed E-state index contributed by atoms with van der Waals surface area (Å²) >= 11 is 16.5. The number of anilines is 1. The maximum atomic E-state index is 13.1. The van der Waals surface area contributed by atoms with Gasteiger partial charge in [0.2, 0.25) is 0 Å². The number of nitrogens with zero attached hydrogens (tertiary/aromatic N) is 3. The Morgan fingerprint density at radius 1 is 1.04 bits per heavy atom. The fourth-order valence-electron chi connectivity index (χ4n) is 2.77. The second-order valence-electron chi connectivity index (χ2n) is 5.53. The number of hydrogen-bond acceptors (Lipinski definition) is 6. The summed E-state index contributed by atoms with van der Waals surface area (Å²) in [5.74, 6) is -0.482. The Kier molecular flexibility index (Phi) is 5.72. The third kappa shape index (κ3) is 3.18. The van der Waals surface area contributed by atoms with Crippen molar-refractivity contribution in [1.29, 1.82) is 5.26 Å². The number of thioether (sulfide) groups is 1. The zero-order chi connectivity index (χ0) is 20.2. The minimum absolute atomic E-state index is 0.307. The van der Waals surface area contributed by atoms with Crippen molar-refractivity contribution in [3.05, 3.63) is 47.2 Å². The van der Waals surface area contributed by atoms with Gasteiger partial charge in [0, 0.05) is 17.9 Å². The number of carbonyl (C=O) groups is 2. The van der Waals surface area contributed by atoms with E-state index < -0.39 is 11.8 Å². The summed E-state index contributed by atoms with van der Waals surface area (Å²) < 4.78 is 3.96. The molecule has 1 aliphatic heterocycles. The highest BCUT2D eigenvalue weighted by atomic mass is 79.9. The van der Waals surface area contributed by atoms with E-state index in [0.29, 0.717) is 40.5 Å². The summed E-state index contributed by atoms with van der Waals surface area (Å²) in [4.78, 5) is 31.8. The molecule has 0 fully saturated rings. The summed E-state index contributed by atoms with van der Waals surface area (Å²) in [6, 6.07) is 7.33. The van der Waals surface area contributed by atoms with E-state index in [1.54, 1.807) is 18.2 Å². The van der Waals surface area contributed by atoms with Crippen LogP contribution < -0.4 is 4.90 Å². The van der Waals surface area contributed by atoms with Gasteiger partial charge in [-0.3, -0.25) is 9.59 Å². The lowest BCUT2D eigenvalue weighted by Gasteiger charge is -2.13. The largest absolute Gasteiger partial charge is 0.268 e. The van der Waals surface area contributed by atoms with Crippen LogP contribution in [0.15, 0.2) is 40.4 Å². The van der Waals surface area contributed by atoms with Gasteiger partial charge >= 0.3 is 0 Å². The van der Waals surface area contributed by atoms with Crippen LogP contribution in [0.25, 0.3) is 10.2 Å². The Hall–Kier alpha value is -0.770. The molecule has 4 rings (SSSR count). The molecule has 1 aliphatic rings. The minimum atomic E-state index is -0.399. The molecule has 0 bridgehead atoms. The molecule has 2 amide bonds. The minimum Gasteiger partial charge on any atom is -0.268 e. The molecule has 5 nitrogen and oxygen atoms in total. The number of imide groups is 1. The second kappa shape index (κ2) is 7.81. The van der Waals surface area contributed by atoms with Crippen LogP contribution in [0.1, 0.15) is 20.7 Å². The van der Waals surface area contributed by atoms with Crippen LogP contribution in [0, 0.1) is 11.3 Å². The summed E-state index contributed by atoms with van der Waals surface area (Å²) in [6.45, 7) is 0. The molecule has 1 aromatic heterocycles. The van der Waals surface area contributed by atoms with Crippen molar-refractivity contribution in [1.82, 2.24) is 4.98 Å². The number of hydrogen-bond donors (Lipinski definition) is 0. The summed E-state index contributed by atoms with van der Waals surface area (Å²) in [6.07, 6.45) is 0. The molecule has 2 heterocycles. The predicted molar refractivity (Wildman–Crippen MR) is 124 cm³/mol. The highest BCUT2D eigenvalue weighted by Crippen LogP contribution is 2.46. The van der Waals surface area contributed by atoms with Crippen molar-refractivity contribution in [3.8, 4) is 6.07 Å². The van der Waals surface area contributed by atoms with Gasteiger partial charge in [-0.15, -0.1) is 11.3 Å². The van der Waals surface area contributed by atoms with E-state index in [1.165, 1.54) is 28.0 Å². The number of thiazole rings is 1. The van der Waals surface area contributed by atoms with Crippen molar-refractivity contribution in [2.24, 2.45) is 0 Å². The number of halogens is 4. The van der Waals surface area contributed by atoms with Crippen LogP contribution >= 0.6 is 86.8 Å². The van der Waals surface area contributed by atoms with Gasteiger partial charge in [0.25, 0.3) is 11.8 Å². The number of nitriles is 1. The summed E-state index contributed by atoms with van der Waals surface area (Å²) in [7, 11) is 0. The van der Waals surface area contributed by atoms with Gasteiger partial charge in [-0.05, 0) is 81.9 Å². The fourth-order valence-corrected chi connectivity index (χ4v) is 6.99. The first kappa shape index (κ1) is 20.5.